The van der Waals surface area contributed by atoms with Gasteiger partial charge in [-0.25, -0.2) is 0 Å². The SMILES string of the molecule is CCOc1cc(CNC2(CO)CCCC2)ccc1OC(F)F. The molecule has 0 heterocycles. The van der Waals surface area contributed by atoms with Gasteiger partial charge in [0.05, 0.1) is 13.2 Å². The highest BCUT2D eigenvalue weighted by molar-refractivity contribution is 5.43. The zero-order valence-corrected chi connectivity index (χ0v) is 12.8. The van der Waals surface area contributed by atoms with E-state index in [9.17, 15) is 13.9 Å². The topological polar surface area (TPSA) is 50.7 Å². The van der Waals surface area contributed by atoms with E-state index in [0.29, 0.717) is 18.9 Å². The van der Waals surface area contributed by atoms with Gasteiger partial charge in [-0.15, -0.1) is 0 Å². The molecule has 0 amide bonds. The average molecular weight is 315 g/mol. The molecule has 6 heteroatoms. The lowest BCUT2D eigenvalue weighted by Gasteiger charge is -2.28. The fourth-order valence-electron chi connectivity index (χ4n) is 2.86. The third-order valence-electron chi connectivity index (χ3n) is 4.05. The summed E-state index contributed by atoms with van der Waals surface area (Å²) in [6.07, 6.45) is 4.13. The van der Waals surface area contributed by atoms with Gasteiger partial charge in [-0.3, -0.25) is 0 Å². The lowest BCUT2D eigenvalue weighted by atomic mass is 9.98. The van der Waals surface area contributed by atoms with E-state index in [1.165, 1.54) is 6.07 Å². The zero-order valence-electron chi connectivity index (χ0n) is 12.8. The van der Waals surface area contributed by atoms with E-state index in [1.54, 1.807) is 19.1 Å². The highest BCUT2D eigenvalue weighted by atomic mass is 19.3. The Bertz CT molecular complexity index is 476. The Morgan fingerprint density at radius 3 is 2.59 bits per heavy atom. The molecule has 1 aromatic rings. The molecule has 4 nitrogen and oxygen atoms in total. The van der Waals surface area contributed by atoms with Crippen molar-refractivity contribution in [2.24, 2.45) is 0 Å². The molecule has 1 fully saturated rings. The van der Waals surface area contributed by atoms with Crippen molar-refractivity contribution < 1.29 is 23.4 Å². The minimum absolute atomic E-state index is 0.0401. The standard InChI is InChI=1S/C16H23F2NO3/c1-2-21-14-9-12(5-6-13(14)22-15(17)18)10-19-16(11-20)7-3-4-8-16/h5-6,9,15,19-20H,2-4,7-8,10-11H2,1H3. The van der Waals surface area contributed by atoms with Crippen molar-refractivity contribution in [3.8, 4) is 11.5 Å². The molecule has 124 valence electrons. The van der Waals surface area contributed by atoms with Gasteiger partial charge < -0.3 is 19.9 Å². The number of rotatable bonds is 8. The van der Waals surface area contributed by atoms with Crippen LogP contribution in [0, 0.1) is 0 Å². The number of halogens is 2. The second kappa shape index (κ2) is 7.74. The molecule has 0 unspecified atom stereocenters. The second-order valence-corrected chi connectivity index (χ2v) is 5.59. The fourth-order valence-corrected chi connectivity index (χ4v) is 2.86. The predicted molar refractivity (Wildman–Crippen MR) is 79.4 cm³/mol. The van der Waals surface area contributed by atoms with E-state index in [1.807, 2.05) is 0 Å². The van der Waals surface area contributed by atoms with Crippen molar-refractivity contribution in [2.75, 3.05) is 13.2 Å². The minimum atomic E-state index is -2.88. The van der Waals surface area contributed by atoms with Crippen molar-refractivity contribution in [3.05, 3.63) is 23.8 Å². The van der Waals surface area contributed by atoms with E-state index in [0.717, 1.165) is 31.2 Å². The van der Waals surface area contributed by atoms with E-state index in [-0.39, 0.29) is 17.9 Å². The molecule has 1 aliphatic rings. The van der Waals surface area contributed by atoms with Gasteiger partial charge in [0.15, 0.2) is 11.5 Å². The van der Waals surface area contributed by atoms with Crippen LogP contribution >= 0.6 is 0 Å². The molecule has 2 rings (SSSR count). The van der Waals surface area contributed by atoms with Crippen molar-refractivity contribution in [2.45, 2.75) is 51.3 Å². The normalized spacial score (nSPS) is 17.0. The van der Waals surface area contributed by atoms with Crippen LogP contribution in [-0.4, -0.2) is 30.5 Å². The van der Waals surface area contributed by atoms with Gasteiger partial charge in [0.1, 0.15) is 0 Å². The zero-order chi connectivity index (χ0) is 16.0. The van der Waals surface area contributed by atoms with Crippen LogP contribution in [0.5, 0.6) is 11.5 Å². The van der Waals surface area contributed by atoms with Gasteiger partial charge in [0.2, 0.25) is 0 Å². The van der Waals surface area contributed by atoms with E-state index < -0.39 is 6.61 Å². The van der Waals surface area contributed by atoms with Gasteiger partial charge in [-0.1, -0.05) is 18.9 Å². The average Bonchev–Trinajstić information content (AvgIpc) is 2.97. The number of nitrogens with one attached hydrogen (secondary N) is 1. The van der Waals surface area contributed by atoms with Crippen molar-refractivity contribution in [1.82, 2.24) is 5.32 Å². The maximum atomic E-state index is 12.4. The Morgan fingerprint density at radius 1 is 1.27 bits per heavy atom. The number of hydrogen-bond donors (Lipinski definition) is 2. The van der Waals surface area contributed by atoms with Gasteiger partial charge in [0, 0.05) is 12.1 Å². The quantitative estimate of drug-likeness (QED) is 0.774. The van der Waals surface area contributed by atoms with Crippen LogP contribution in [0.3, 0.4) is 0 Å². The summed E-state index contributed by atoms with van der Waals surface area (Å²) in [5.74, 6) is 0.352. The van der Waals surface area contributed by atoms with Crippen LogP contribution < -0.4 is 14.8 Å². The Kier molecular flexibility index (Phi) is 5.97. The molecule has 1 saturated carbocycles. The molecule has 22 heavy (non-hydrogen) atoms. The molecular weight excluding hydrogens is 292 g/mol. The Morgan fingerprint density at radius 2 is 2.00 bits per heavy atom. The molecule has 0 atom stereocenters. The number of benzene rings is 1. The van der Waals surface area contributed by atoms with Crippen LogP contribution in [0.15, 0.2) is 18.2 Å². The summed E-state index contributed by atoms with van der Waals surface area (Å²) in [4.78, 5) is 0. The maximum absolute atomic E-state index is 12.4. The molecule has 0 radical (unpaired) electrons. The molecule has 0 aromatic heterocycles. The number of alkyl halides is 2. The molecule has 0 spiro atoms. The van der Waals surface area contributed by atoms with Gasteiger partial charge in [0.25, 0.3) is 0 Å². The summed E-state index contributed by atoms with van der Waals surface area (Å²) < 4.78 is 34.6. The first-order chi connectivity index (χ1) is 10.6. The third-order valence-corrected chi connectivity index (χ3v) is 4.05. The van der Waals surface area contributed by atoms with Crippen molar-refractivity contribution >= 4 is 0 Å². The van der Waals surface area contributed by atoms with Crippen LogP contribution in [0.2, 0.25) is 0 Å². The molecule has 0 aliphatic heterocycles. The molecule has 1 aromatic carbocycles. The first-order valence-corrected chi connectivity index (χ1v) is 7.65. The minimum Gasteiger partial charge on any atom is -0.490 e. The monoisotopic (exact) mass is 315 g/mol. The highest BCUT2D eigenvalue weighted by Gasteiger charge is 2.32. The molecule has 1 aliphatic carbocycles. The maximum Gasteiger partial charge on any atom is 0.387 e. The van der Waals surface area contributed by atoms with Crippen LogP contribution in [0.1, 0.15) is 38.2 Å². The van der Waals surface area contributed by atoms with E-state index >= 15 is 0 Å². The summed E-state index contributed by atoms with van der Waals surface area (Å²) >= 11 is 0. The summed E-state index contributed by atoms with van der Waals surface area (Å²) in [6.45, 7) is -0.0553. The summed E-state index contributed by atoms with van der Waals surface area (Å²) in [6, 6.07) is 4.93. The van der Waals surface area contributed by atoms with Crippen LogP contribution in [-0.2, 0) is 6.54 Å². The van der Waals surface area contributed by atoms with E-state index in [4.69, 9.17) is 4.74 Å². The Hall–Kier alpha value is -1.40. The lowest BCUT2D eigenvalue weighted by Crippen LogP contribution is -2.45. The molecule has 0 bridgehead atoms. The smallest absolute Gasteiger partial charge is 0.387 e. The third kappa shape index (κ3) is 4.30. The van der Waals surface area contributed by atoms with Crippen molar-refractivity contribution in [3.63, 3.8) is 0 Å². The Labute approximate surface area is 129 Å². The fraction of sp³-hybridized carbons (Fsp3) is 0.625. The summed E-state index contributed by atoms with van der Waals surface area (Å²) in [7, 11) is 0. The summed E-state index contributed by atoms with van der Waals surface area (Å²) in [5.41, 5.74) is 0.689. The number of aliphatic hydroxyl groups excluding tert-OH is 1. The molecule has 2 N–H and O–H groups in total. The first kappa shape index (κ1) is 17.0. The summed E-state index contributed by atoms with van der Waals surface area (Å²) in [5, 5.41) is 13.0. The van der Waals surface area contributed by atoms with E-state index in [2.05, 4.69) is 10.1 Å². The number of hydrogen-bond acceptors (Lipinski definition) is 4. The number of aliphatic hydroxyl groups is 1. The van der Waals surface area contributed by atoms with Gasteiger partial charge >= 0.3 is 6.61 Å². The number of ether oxygens (including phenoxy) is 2. The molecular formula is C16H23F2NO3. The predicted octanol–water partition coefficient (Wildman–Crippen LogP) is 3.08. The van der Waals surface area contributed by atoms with Gasteiger partial charge in [-0.2, -0.15) is 8.78 Å². The van der Waals surface area contributed by atoms with Crippen LogP contribution in [0.4, 0.5) is 8.78 Å². The Balaban J connectivity index is 2.06. The lowest BCUT2D eigenvalue weighted by molar-refractivity contribution is -0.0514. The van der Waals surface area contributed by atoms with Gasteiger partial charge in [-0.05, 0) is 37.5 Å². The second-order valence-electron chi connectivity index (χ2n) is 5.59. The van der Waals surface area contributed by atoms with Crippen molar-refractivity contribution in [1.29, 1.82) is 0 Å². The molecule has 0 saturated heterocycles. The van der Waals surface area contributed by atoms with Crippen LogP contribution in [0.25, 0.3) is 0 Å². The first-order valence-electron chi connectivity index (χ1n) is 7.65. The highest BCUT2D eigenvalue weighted by Crippen LogP contribution is 2.32. The largest absolute Gasteiger partial charge is 0.490 e.